The molecular formula is C28H48N2O21. The van der Waals surface area contributed by atoms with Crippen LogP contribution in [0.5, 0.6) is 0 Å². The van der Waals surface area contributed by atoms with Crippen molar-refractivity contribution in [1.82, 2.24) is 10.6 Å². The molecular weight excluding hydrogens is 700 g/mol. The number of hydrogen-bond donors (Lipinski definition) is 14. The lowest BCUT2D eigenvalue weighted by Gasteiger charge is -2.50. The monoisotopic (exact) mass is 748 g/mol. The Bertz CT molecular complexity index is 1140. The maximum atomic E-state index is 12.4. The third kappa shape index (κ3) is 9.11. The van der Waals surface area contributed by atoms with Crippen LogP contribution in [0, 0.1) is 0 Å². The van der Waals surface area contributed by atoms with E-state index in [1.165, 1.54) is 0 Å². The van der Waals surface area contributed by atoms with E-state index in [-0.39, 0.29) is 0 Å². The number of carbonyl (C=O) groups excluding carboxylic acids is 2. The second kappa shape index (κ2) is 18.0. The highest BCUT2D eigenvalue weighted by Gasteiger charge is 2.56. The van der Waals surface area contributed by atoms with E-state index in [9.17, 15) is 70.9 Å². The summed E-state index contributed by atoms with van der Waals surface area (Å²) in [5.41, 5.74) is 0. The van der Waals surface area contributed by atoms with Gasteiger partial charge in [-0.05, 0) is 0 Å². The van der Waals surface area contributed by atoms with Gasteiger partial charge in [0.1, 0.15) is 97.5 Å². The summed E-state index contributed by atoms with van der Waals surface area (Å²) in [5.74, 6) is -1.47. The van der Waals surface area contributed by atoms with E-state index in [0.29, 0.717) is 0 Å². The van der Waals surface area contributed by atoms with Crippen LogP contribution in [0.15, 0.2) is 0 Å². The normalized spacial score (nSPS) is 47.8. The number of nitrogens with one attached hydrogen (secondary N) is 2. The van der Waals surface area contributed by atoms with E-state index in [0.717, 1.165) is 13.8 Å². The Balaban J connectivity index is 1.64. The van der Waals surface area contributed by atoms with Crippen LogP contribution in [0.4, 0.5) is 0 Å². The first-order valence-corrected chi connectivity index (χ1v) is 16.1. The summed E-state index contributed by atoms with van der Waals surface area (Å²) in [6.07, 6.45) is -31.7. The van der Waals surface area contributed by atoms with Gasteiger partial charge in [-0.15, -0.1) is 0 Å². The molecule has 0 aliphatic carbocycles. The van der Waals surface area contributed by atoms with Crippen LogP contribution in [0.1, 0.15) is 13.8 Å². The average Bonchev–Trinajstić information content (AvgIpc) is 3.09. The fourth-order valence-corrected chi connectivity index (χ4v) is 6.35. The molecule has 0 spiro atoms. The molecule has 4 saturated heterocycles. The second-order valence-electron chi connectivity index (χ2n) is 12.6. The lowest BCUT2D eigenvalue weighted by molar-refractivity contribution is -0.377. The van der Waals surface area contributed by atoms with Crippen molar-refractivity contribution in [3.8, 4) is 0 Å². The van der Waals surface area contributed by atoms with Gasteiger partial charge < -0.3 is 105 Å². The molecule has 23 heteroatoms. The molecule has 14 N–H and O–H groups in total. The van der Waals surface area contributed by atoms with Gasteiger partial charge in [-0.2, -0.15) is 0 Å². The van der Waals surface area contributed by atoms with Crippen LogP contribution in [0.3, 0.4) is 0 Å². The van der Waals surface area contributed by atoms with Crippen molar-refractivity contribution in [2.24, 2.45) is 0 Å². The second-order valence-corrected chi connectivity index (χ2v) is 12.6. The molecule has 20 atom stereocenters. The highest BCUT2D eigenvalue weighted by Crippen LogP contribution is 2.34. The molecule has 0 radical (unpaired) electrons. The maximum Gasteiger partial charge on any atom is 0.217 e. The first kappa shape index (κ1) is 41.9. The van der Waals surface area contributed by atoms with Gasteiger partial charge in [-0.1, -0.05) is 0 Å². The van der Waals surface area contributed by atoms with Crippen LogP contribution in [0.2, 0.25) is 0 Å². The van der Waals surface area contributed by atoms with Crippen LogP contribution >= 0.6 is 0 Å². The molecule has 0 unspecified atom stereocenters. The molecule has 2 amide bonds. The number of ether oxygens (including phenoxy) is 7. The molecule has 0 saturated carbocycles. The van der Waals surface area contributed by atoms with Crippen molar-refractivity contribution in [3.05, 3.63) is 0 Å². The van der Waals surface area contributed by atoms with Crippen molar-refractivity contribution < 1.29 is 104 Å². The zero-order valence-corrected chi connectivity index (χ0v) is 27.4. The van der Waals surface area contributed by atoms with Crippen LogP contribution in [-0.4, -0.2) is 222 Å². The molecule has 4 heterocycles. The number of amides is 2. The predicted octanol–water partition coefficient (Wildman–Crippen LogP) is -9.46. The molecule has 23 nitrogen and oxygen atoms in total. The Hall–Kier alpha value is -1.82. The largest absolute Gasteiger partial charge is 0.394 e. The Morgan fingerprint density at radius 2 is 0.902 bits per heavy atom. The molecule has 4 rings (SSSR count). The molecule has 0 aromatic carbocycles. The van der Waals surface area contributed by atoms with Crippen molar-refractivity contribution in [3.63, 3.8) is 0 Å². The predicted molar refractivity (Wildman–Crippen MR) is 157 cm³/mol. The topological polar surface area (TPSA) is 366 Å². The zero-order valence-electron chi connectivity index (χ0n) is 27.4. The molecule has 4 aliphatic rings. The summed E-state index contributed by atoms with van der Waals surface area (Å²) < 4.78 is 39.3. The fraction of sp³-hybridized carbons (Fsp3) is 0.929. The van der Waals surface area contributed by atoms with E-state index < -0.39 is 161 Å². The average molecular weight is 749 g/mol. The third-order valence-electron chi connectivity index (χ3n) is 9.01. The zero-order chi connectivity index (χ0) is 37.9. The number of hydrogen-bond acceptors (Lipinski definition) is 21. The van der Waals surface area contributed by atoms with Gasteiger partial charge in [0, 0.05) is 13.8 Å². The van der Waals surface area contributed by atoms with Crippen molar-refractivity contribution in [1.29, 1.82) is 0 Å². The molecule has 0 aromatic rings. The van der Waals surface area contributed by atoms with E-state index >= 15 is 0 Å². The summed E-state index contributed by atoms with van der Waals surface area (Å²) >= 11 is 0. The minimum Gasteiger partial charge on any atom is -0.394 e. The first-order chi connectivity index (χ1) is 24.1. The maximum absolute atomic E-state index is 12.4. The summed E-state index contributed by atoms with van der Waals surface area (Å²) in [7, 11) is 0. The lowest BCUT2D eigenvalue weighted by atomic mass is 9.93. The van der Waals surface area contributed by atoms with E-state index in [2.05, 4.69) is 10.6 Å². The van der Waals surface area contributed by atoms with Crippen molar-refractivity contribution >= 4 is 11.8 Å². The molecule has 296 valence electrons. The summed E-state index contributed by atoms with van der Waals surface area (Å²) in [5, 5.41) is 129. The molecule has 4 fully saturated rings. The number of carbonyl (C=O) groups is 2. The van der Waals surface area contributed by atoms with E-state index in [1.54, 1.807) is 0 Å². The van der Waals surface area contributed by atoms with Crippen LogP contribution in [0.25, 0.3) is 0 Å². The Labute approximate surface area is 289 Å². The van der Waals surface area contributed by atoms with Gasteiger partial charge in [0.05, 0.1) is 26.4 Å². The Kier molecular flexibility index (Phi) is 14.8. The SMILES string of the molecule is CC(=O)N[C@H]1[C@@H](O[C@H]2[C@@H](O)[C@@H](CO)O[C@@H](O[C@H]3[C@@H](O)[C@@H](CO)O[C@@H](O[C@@H]4[C@H](O)[C@@H](O)[C@H](O)O[C@@H]4CO)[C@@H]3O)[C@@H]2NC(C)=O)O[C@H](CO)[C@H](O)[C@@H]1O. The number of aliphatic hydroxyl groups is 12. The van der Waals surface area contributed by atoms with Gasteiger partial charge in [0.25, 0.3) is 0 Å². The van der Waals surface area contributed by atoms with Gasteiger partial charge in [0.15, 0.2) is 25.2 Å². The van der Waals surface area contributed by atoms with Gasteiger partial charge in [0.2, 0.25) is 11.8 Å². The van der Waals surface area contributed by atoms with Gasteiger partial charge in [-0.25, -0.2) is 0 Å². The minimum absolute atomic E-state index is 0.702. The summed E-state index contributed by atoms with van der Waals surface area (Å²) in [6, 6.07) is -3.12. The van der Waals surface area contributed by atoms with Crippen molar-refractivity contribution in [2.45, 2.75) is 137 Å². The smallest absolute Gasteiger partial charge is 0.217 e. The lowest BCUT2D eigenvalue weighted by Crippen LogP contribution is -2.71. The van der Waals surface area contributed by atoms with Crippen molar-refractivity contribution in [2.75, 3.05) is 26.4 Å². The minimum atomic E-state index is -2.05. The fourth-order valence-electron chi connectivity index (χ4n) is 6.35. The Morgan fingerprint density at radius 3 is 1.43 bits per heavy atom. The summed E-state index contributed by atoms with van der Waals surface area (Å²) in [6.45, 7) is -1.34. The number of aliphatic hydroxyl groups excluding tert-OH is 12. The standard InChI is InChI=1S/C28H48N2O21/c1-7(35)29-13-18(40)15(37)9(3-31)46-26(13)50-23-14(30-8(2)36)27(47-10(4-32)16(23)38)51-24-17(39)11(5-33)48-28(21(24)43)49-22-12(6-34)45-25(44)20(42)19(22)41/h9-28,31-34,37-44H,3-6H2,1-2H3,(H,29,35)(H,30,36)/t9-,10-,11-,12-,13-,14-,15+,16+,17+,18-,19-,20-,21-,22+,23-,24+,25-,26-,27+,28+/m1/s1. The van der Waals surface area contributed by atoms with E-state index in [4.69, 9.17) is 33.2 Å². The molecule has 4 aliphatic heterocycles. The van der Waals surface area contributed by atoms with E-state index in [1.807, 2.05) is 0 Å². The van der Waals surface area contributed by atoms with Gasteiger partial charge >= 0.3 is 0 Å². The third-order valence-corrected chi connectivity index (χ3v) is 9.01. The highest BCUT2D eigenvalue weighted by atomic mass is 16.8. The molecule has 0 bridgehead atoms. The molecule has 0 aromatic heterocycles. The first-order valence-electron chi connectivity index (χ1n) is 16.1. The molecule has 51 heavy (non-hydrogen) atoms. The Morgan fingerprint density at radius 1 is 0.471 bits per heavy atom. The summed E-state index contributed by atoms with van der Waals surface area (Å²) in [4.78, 5) is 24.4. The quantitative estimate of drug-likeness (QED) is 0.0881. The number of rotatable bonds is 12. The van der Waals surface area contributed by atoms with Crippen LogP contribution < -0.4 is 10.6 Å². The van der Waals surface area contributed by atoms with Crippen LogP contribution in [-0.2, 0) is 42.7 Å². The highest BCUT2D eigenvalue weighted by molar-refractivity contribution is 5.73. The van der Waals surface area contributed by atoms with Gasteiger partial charge in [-0.3, -0.25) is 9.59 Å².